The van der Waals surface area contributed by atoms with Gasteiger partial charge in [-0.05, 0) is 18.2 Å². The largest absolute Gasteiger partial charge is 0.368 e. The van der Waals surface area contributed by atoms with E-state index < -0.39 is 0 Å². The number of rotatable bonds is 1. The van der Waals surface area contributed by atoms with Crippen LogP contribution in [0, 0.1) is 5.41 Å². The molecular weight excluding hydrogens is 260 g/mol. The molecule has 4 heteroatoms. The van der Waals surface area contributed by atoms with E-state index in [0.29, 0.717) is 0 Å². The molecule has 0 radical (unpaired) electrons. The van der Waals surface area contributed by atoms with Gasteiger partial charge in [-0.1, -0.05) is 38.4 Å². The van der Waals surface area contributed by atoms with Gasteiger partial charge in [-0.25, -0.2) is 0 Å². The fourth-order valence-electron chi connectivity index (χ4n) is 2.31. The molecule has 1 fully saturated rings. The van der Waals surface area contributed by atoms with E-state index in [9.17, 15) is 4.79 Å². The molecule has 1 aliphatic rings. The van der Waals surface area contributed by atoms with Gasteiger partial charge in [0.05, 0.1) is 0 Å². The van der Waals surface area contributed by atoms with Crippen molar-refractivity contribution in [2.45, 2.75) is 20.8 Å². The van der Waals surface area contributed by atoms with Gasteiger partial charge in [0, 0.05) is 42.3 Å². The molecule has 0 N–H and O–H groups in total. The summed E-state index contributed by atoms with van der Waals surface area (Å²) in [4.78, 5) is 16.4. The second kappa shape index (κ2) is 5.41. The van der Waals surface area contributed by atoms with Crippen molar-refractivity contribution < 1.29 is 4.79 Å². The van der Waals surface area contributed by atoms with E-state index in [4.69, 9.17) is 11.6 Å². The Labute approximate surface area is 120 Å². The second-order valence-corrected chi connectivity index (χ2v) is 6.45. The predicted molar refractivity (Wildman–Crippen MR) is 79.7 cm³/mol. The molecule has 0 aliphatic carbocycles. The first kappa shape index (κ1) is 14.2. The second-order valence-electron chi connectivity index (χ2n) is 6.01. The van der Waals surface area contributed by atoms with Crippen molar-refractivity contribution in [1.82, 2.24) is 4.90 Å². The van der Waals surface area contributed by atoms with Crippen LogP contribution in [0.3, 0.4) is 0 Å². The molecule has 0 spiro atoms. The molecule has 0 atom stereocenters. The van der Waals surface area contributed by atoms with E-state index in [1.54, 1.807) is 0 Å². The number of nitrogens with zero attached hydrogens (tertiary/aromatic N) is 2. The zero-order chi connectivity index (χ0) is 14.0. The molecule has 0 saturated carbocycles. The molecule has 0 unspecified atom stereocenters. The molecule has 1 amide bonds. The Kier molecular flexibility index (Phi) is 4.04. The SMILES string of the molecule is CC(C)(C)C(=O)N1CCN(c2cccc(Cl)c2)CC1. The van der Waals surface area contributed by atoms with E-state index in [1.807, 2.05) is 43.9 Å². The first-order valence-electron chi connectivity index (χ1n) is 6.68. The van der Waals surface area contributed by atoms with E-state index in [2.05, 4.69) is 11.0 Å². The Morgan fingerprint density at radius 1 is 1.16 bits per heavy atom. The third-order valence-electron chi connectivity index (χ3n) is 3.38. The quantitative estimate of drug-likeness (QED) is 0.789. The highest BCUT2D eigenvalue weighted by Crippen LogP contribution is 2.23. The van der Waals surface area contributed by atoms with E-state index in [1.165, 1.54) is 0 Å². The average molecular weight is 281 g/mol. The lowest BCUT2D eigenvalue weighted by atomic mass is 9.94. The number of halogens is 1. The highest BCUT2D eigenvalue weighted by Gasteiger charge is 2.29. The van der Waals surface area contributed by atoms with Crippen LogP contribution >= 0.6 is 11.6 Å². The molecule has 104 valence electrons. The van der Waals surface area contributed by atoms with E-state index in [-0.39, 0.29) is 11.3 Å². The summed E-state index contributed by atoms with van der Waals surface area (Å²) in [6.45, 7) is 9.20. The molecular formula is C15H21ClN2O. The van der Waals surface area contributed by atoms with Gasteiger partial charge in [-0.15, -0.1) is 0 Å². The molecule has 0 bridgehead atoms. The van der Waals surface area contributed by atoms with Gasteiger partial charge >= 0.3 is 0 Å². The maximum Gasteiger partial charge on any atom is 0.228 e. The minimum Gasteiger partial charge on any atom is -0.368 e. The van der Waals surface area contributed by atoms with Crippen molar-refractivity contribution in [3.63, 3.8) is 0 Å². The maximum absolute atomic E-state index is 12.2. The van der Waals surface area contributed by atoms with E-state index in [0.717, 1.165) is 36.9 Å². The van der Waals surface area contributed by atoms with Crippen LogP contribution in [0.25, 0.3) is 0 Å². The maximum atomic E-state index is 12.2. The monoisotopic (exact) mass is 280 g/mol. The first-order valence-corrected chi connectivity index (χ1v) is 7.05. The lowest BCUT2D eigenvalue weighted by molar-refractivity contribution is -0.139. The van der Waals surface area contributed by atoms with Crippen molar-refractivity contribution >= 4 is 23.2 Å². The van der Waals surface area contributed by atoms with Gasteiger partial charge in [0.2, 0.25) is 5.91 Å². The number of hydrogen-bond donors (Lipinski definition) is 0. The number of amides is 1. The summed E-state index contributed by atoms with van der Waals surface area (Å²) in [5.74, 6) is 0.234. The first-order chi connectivity index (χ1) is 8.88. The number of carbonyl (C=O) groups is 1. The fourth-order valence-corrected chi connectivity index (χ4v) is 2.50. The van der Waals surface area contributed by atoms with Crippen LogP contribution in [0.15, 0.2) is 24.3 Å². The summed E-state index contributed by atoms with van der Waals surface area (Å²) in [5, 5.41) is 0.755. The van der Waals surface area contributed by atoms with Crippen molar-refractivity contribution in [2.24, 2.45) is 5.41 Å². The number of hydrogen-bond acceptors (Lipinski definition) is 2. The number of benzene rings is 1. The van der Waals surface area contributed by atoms with Crippen molar-refractivity contribution in [3.05, 3.63) is 29.3 Å². The standard InChI is InChI=1S/C15H21ClN2O/c1-15(2,3)14(19)18-9-7-17(8-10-18)13-6-4-5-12(16)11-13/h4-6,11H,7-10H2,1-3H3. The number of anilines is 1. The summed E-state index contributed by atoms with van der Waals surface area (Å²) in [5.41, 5.74) is 0.841. The zero-order valence-electron chi connectivity index (χ0n) is 11.8. The molecule has 1 aliphatic heterocycles. The van der Waals surface area contributed by atoms with Crippen LogP contribution in [0.2, 0.25) is 5.02 Å². The third kappa shape index (κ3) is 3.41. The molecule has 0 aromatic heterocycles. The average Bonchev–Trinajstić information content (AvgIpc) is 2.37. The molecule has 3 nitrogen and oxygen atoms in total. The molecule has 1 heterocycles. The predicted octanol–water partition coefficient (Wildman–Crippen LogP) is 3.03. The number of carbonyl (C=O) groups excluding carboxylic acids is 1. The van der Waals surface area contributed by atoms with Gasteiger partial charge in [0.1, 0.15) is 0 Å². The van der Waals surface area contributed by atoms with Gasteiger partial charge < -0.3 is 9.80 Å². The molecule has 1 saturated heterocycles. The van der Waals surface area contributed by atoms with Crippen molar-refractivity contribution in [2.75, 3.05) is 31.1 Å². The van der Waals surface area contributed by atoms with Crippen LogP contribution in [0.4, 0.5) is 5.69 Å². The van der Waals surface area contributed by atoms with Crippen LogP contribution in [0.5, 0.6) is 0 Å². The minimum absolute atomic E-state index is 0.234. The molecule has 1 aromatic rings. The highest BCUT2D eigenvalue weighted by molar-refractivity contribution is 6.30. The van der Waals surface area contributed by atoms with E-state index >= 15 is 0 Å². The Bertz CT molecular complexity index is 459. The summed E-state index contributed by atoms with van der Waals surface area (Å²) >= 11 is 6.01. The molecule has 2 rings (SSSR count). The van der Waals surface area contributed by atoms with Crippen LogP contribution in [-0.4, -0.2) is 37.0 Å². The lowest BCUT2D eigenvalue weighted by Crippen LogP contribution is -2.51. The Morgan fingerprint density at radius 2 is 1.79 bits per heavy atom. The van der Waals surface area contributed by atoms with Gasteiger partial charge in [0.25, 0.3) is 0 Å². The lowest BCUT2D eigenvalue weighted by Gasteiger charge is -2.38. The van der Waals surface area contributed by atoms with Gasteiger partial charge in [-0.2, -0.15) is 0 Å². The Hall–Kier alpha value is -1.22. The summed E-state index contributed by atoms with van der Waals surface area (Å²) in [6, 6.07) is 7.88. The summed E-state index contributed by atoms with van der Waals surface area (Å²) < 4.78 is 0. The minimum atomic E-state index is -0.293. The van der Waals surface area contributed by atoms with Crippen LogP contribution in [-0.2, 0) is 4.79 Å². The smallest absolute Gasteiger partial charge is 0.228 e. The molecule has 19 heavy (non-hydrogen) atoms. The van der Waals surface area contributed by atoms with Crippen LogP contribution in [0.1, 0.15) is 20.8 Å². The van der Waals surface area contributed by atoms with Crippen LogP contribution < -0.4 is 4.90 Å². The zero-order valence-corrected chi connectivity index (χ0v) is 12.6. The summed E-state index contributed by atoms with van der Waals surface area (Å²) in [6.07, 6.45) is 0. The Morgan fingerprint density at radius 3 is 2.32 bits per heavy atom. The topological polar surface area (TPSA) is 23.6 Å². The number of piperazine rings is 1. The summed E-state index contributed by atoms with van der Waals surface area (Å²) in [7, 11) is 0. The Balaban J connectivity index is 1.98. The normalized spacial score (nSPS) is 16.6. The molecule has 1 aromatic carbocycles. The van der Waals surface area contributed by atoms with Gasteiger partial charge in [0.15, 0.2) is 0 Å². The van der Waals surface area contributed by atoms with Crippen molar-refractivity contribution in [3.8, 4) is 0 Å². The fraction of sp³-hybridized carbons (Fsp3) is 0.533. The third-order valence-corrected chi connectivity index (χ3v) is 3.62. The van der Waals surface area contributed by atoms with Crippen molar-refractivity contribution in [1.29, 1.82) is 0 Å². The highest BCUT2D eigenvalue weighted by atomic mass is 35.5. The van der Waals surface area contributed by atoms with Gasteiger partial charge in [-0.3, -0.25) is 4.79 Å².